The lowest BCUT2D eigenvalue weighted by Crippen LogP contribution is -2.46. The number of unbranched alkanes of at least 4 members (excludes halogenated alkanes) is 22. The van der Waals surface area contributed by atoms with Crippen LogP contribution in [0.25, 0.3) is 0 Å². The third-order valence-electron chi connectivity index (χ3n) is 11.8. The molecule has 2 fully saturated rings. The second-order valence-electron chi connectivity index (χ2n) is 17.2. The number of nitrogens with zero attached hydrogens (tertiary/aromatic N) is 1. The minimum atomic E-state index is -0.429. The van der Waals surface area contributed by atoms with Crippen LogP contribution in [-0.4, -0.2) is 60.8 Å². The largest absolute Gasteiger partial charge is 0.462 e. The first-order chi connectivity index (χ1) is 27.4. The molecule has 0 aromatic heterocycles. The molecule has 56 heavy (non-hydrogen) atoms. The number of rotatable bonds is 34. The topological polar surface area (TPSA) is 82.1 Å². The van der Waals surface area contributed by atoms with Crippen LogP contribution < -0.4 is 0 Å². The van der Waals surface area contributed by atoms with Crippen LogP contribution in [0.2, 0.25) is 0 Å². The number of carbonyl (C=O) groups is 3. The van der Waals surface area contributed by atoms with Gasteiger partial charge in [-0.15, -0.1) is 0 Å². The molecule has 1 saturated heterocycles. The molecule has 7 nitrogen and oxygen atoms in total. The van der Waals surface area contributed by atoms with Crippen molar-refractivity contribution in [3.05, 3.63) is 24.3 Å². The van der Waals surface area contributed by atoms with Crippen molar-refractivity contribution in [2.24, 2.45) is 0 Å². The van der Waals surface area contributed by atoms with E-state index in [-0.39, 0.29) is 23.9 Å². The van der Waals surface area contributed by atoms with E-state index in [4.69, 9.17) is 14.2 Å². The molecule has 0 N–H and O–H groups in total. The maximum atomic E-state index is 13.2. The summed E-state index contributed by atoms with van der Waals surface area (Å²) in [5.74, 6) is -0.620. The average Bonchev–Trinajstić information content (AvgIpc) is 3.18. The summed E-state index contributed by atoms with van der Waals surface area (Å²) in [6.07, 6.45) is 44.8. The van der Waals surface area contributed by atoms with E-state index in [2.05, 4.69) is 43.1 Å². The van der Waals surface area contributed by atoms with Gasteiger partial charge in [0.1, 0.15) is 24.4 Å². The number of piperidine rings is 1. The van der Waals surface area contributed by atoms with Gasteiger partial charge in [-0.2, -0.15) is 0 Å². The Hall–Kier alpha value is -2.15. The monoisotopic (exact) mass is 786 g/mol. The summed E-state index contributed by atoms with van der Waals surface area (Å²) in [4.78, 5) is 41.1. The second-order valence-corrected chi connectivity index (χ2v) is 17.2. The molecular weight excluding hydrogens is 699 g/mol. The first-order valence-electron chi connectivity index (χ1n) is 24.0. The van der Waals surface area contributed by atoms with Crippen LogP contribution in [0.5, 0.6) is 0 Å². The third-order valence-corrected chi connectivity index (χ3v) is 11.8. The van der Waals surface area contributed by atoms with Gasteiger partial charge in [0, 0.05) is 32.1 Å². The van der Waals surface area contributed by atoms with Gasteiger partial charge in [-0.3, -0.25) is 19.3 Å². The van der Waals surface area contributed by atoms with E-state index >= 15 is 0 Å². The lowest BCUT2D eigenvalue weighted by atomic mass is 9.91. The molecule has 0 spiro atoms. The Bertz CT molecular complexity index is 980. The van der Waals surface area contributed by atoms with Crippen LogP contribution >= 0.6 is 0 Å². The van der Waals surface area contributed by atoms with Crippen molar-refractivity contribution in [1.82, 2.24) is 4.90 Å². The minimum Gasteiger partial charge on any atom is -0.462 e. The van der Waals surface area contributed by atoms with Crippen molar-refractivity contribution in [2.75, 3.05) is 13.6 Å². The summed E-state index contributed by atoms with van der Waals surface area (Å²) < 4.78 is 17.9. The molecule has 1 saturated carbocycles. The summed E-state index contributed by atoms with van der Waals surface area (Å²) in [5, 5.41) is 0. The van der Waals surface area contributed by atoms with E-state index in [0.717, 1.165) is 77.2 Å². The van der Waals surface area contributed by atoms with E-state index in [9.17, 15) is 14.4 Å². The average molecular weight is 786 g/mol. The van der Waals surface area contributed by atoms with E-state index < -0.39 is 18.3 Å². The number of likely N-dealkylation sites (tertiary alicyclic amines) is 1. The van der Waals surface area contributed by atoms with Gasteiger partial charge in [-0.25, -0.2) is 0 Å². The molecule has 0 radical (unpaired) electrons. The summed E-state index contributed by atoms with van der Waals surface area (Å²) in [7, 11) is 1.98. The maximum Gasteiger partial charge on any atom is 0.323 e. The molecule has 0 amide bonds. The van der Waals surface area contributed by atoms with Gasteiger partial charge in [0.2, 0.25) is 0 Å². The van der Waals surface area contributed by atoms with Gasteiger partial charge in [0.25, 0.3) is 0 Å². The maximum absolute atomic E-state index is 13.2. The van der Waals surface area contributed by atoms with Crippen molar-refractivity contribution in [1.29, 1.82) is 0 Å². The molecule has 324 valence electrons. The molecule has 0 bridgehead atoms. The fourth-order valence-corrected chi connectivity index (χ4v) is 8.24. The lowest BCUT2D eigenvalue weighted by Gasteiger charge is -2.36. The van der Waals surface area contributed by atoms with Crippen molar-refractivity contribution in [2.45, 2.75) is 257 Å². The fourth-order valence-electron chi connectivity index (χ4n) is 8.24. The van der Waals surface area contributed by atoms with E-state index in [0.29, 0.717) is 32.1 Å². The minimum absolute atomic E-state index is 0.204. The van der Waals surface area contributed by atoms with E-state index in [1.165, 1.54) is 116 Å². The highest BCUT2D eigenvalue weighted by atomic mass is 16.6. The normalized spacial score (nSPS) is 20.5. The zero-order valence-corrected chi connectivity index (χ0v) is 36.8. The molecule has 2 rings (SSSR count). The highest BCUT2D eigenvalue weighted by Crippen LogP contribution is 2.29. The van der Waals surface area contributed by atoms with Gasteiger partial charge in [-0.1, -0.05) is 147 Å². The third kappa shape index (κ3) is 26.7. The lowest BCUT2D eigenvalue weighted by molar-refractivity contribution is -0.172. The van der Waals surface area contributed by atoms with E-state index in [1.54, 1.807) is 0 Å². The Morgan fingerprint density at radius 2 is 0.839 bits per heavy atom. The number of carbonyl (C=O) groups excluding carboxylic acids is 3. The second kappa shape index (κ2) is 34.9. The molecule has 3 atom stereocenters. The first-order valence-corrected chi connectivity index (χ1v) is 24.0. The molecular formula is C49H87NO6. The number of hydrogen-bond acceptors (Lipinski definition) is 7. The Balaban J connectivity index is 1.65. The molecule has 3 unspecified atom stereocenters. The Morgan fingerprint density at radius 3 is 1.23 bits per heavy atom. The summed E-state index contributed by atoms with van der Waals surface area (Å²) in [5.41, 5.74) is 0. The highest BCUT2D eigenvalue weighted by Gasteiger charge is 2.37. The first kappa shape index (κ1) is 50.0. The van der Waals surface area contributed by atoms with Crippen LogP contribution in [0.1, 0.15) is 232 Å². The van der Waals surface area contributed by atoms with Gasteiger partial charge in [0.15, 0.2) is 0 Å². The van der Waals surface area contributed by atoms with Crippen molar-refractivity contribution < 1.29 is 28.6 Å². The van der Waals surface area contributed by atoms with Gasteiger partial charge >= 0.3 is 17.9 Å². The molecule has 1 aliphatic heterocycles. The van der Waals surface area contributed by atoms with Crippen molar-refractivity contribution >= 4 is 17.9 Å². The Labute approximate surface area is 344 Å². The molecule has 0 aromatic rings. The number of allylic oxidation sites excluding steroid dienone is 4. The predicted octanol–water partition coefficient (Wildman–Crippen LogP) is 13.5. The number of esters is 3. The number of ether oxygens (including phenoxy) is 3. The highest BCUT2D eigenvalue weighted by molar-refractivity contribution is 5.76. The molecule has 0 aromatic carbocycles. The van der Waals surface area contributed by atoms with Gasteiger partial charge in [0.05, 0.1) is 0 Å². The summed E-state index contributed by atoms with van der Waals surface area (Å²) in [6.45, 7) is 5.41. The summed E-state index contributed by atoms with van der Waals surface area (Å²) >= 11 is 0. The standard InChI is InChI=1S/C49H87NO6/c1-4-6-8-10-12-14-16-18-20-22-24-26-28-30-32-37-47(51)54-43-40-44(42-45(41-43)56-49(53)46-36-34-35-39-50(46)3)55-48(52)38-33-31-29-27-25-23-21-19-17-15-13-11-9-7-5-2/h18-21,43-46H,4-17,22-42H2,1-3H3/b20-18-,21-19-. The van der Waals surface area contributed by atoms with Crippen molar-refractivity contribution in [3.63, 3.8) is 0 Å². The zero-order valence-electron chi connectivity index (χ0n) is 36.8. The van der Waals surface area contributed by atoms with Crippen LogP contribution in [0.4, 0.5) is 0 Å². The Kier molecular flexibility index (Phi) is 31.1. The smallest absolute Gasteiger partial charge is 0.323 e. The van der Waals surface area contributed by atoms with Gasteiger partial charge in [-0.05, 0) is 90.6 Å². The Morgan fingerprint density at radius 1 is 0.482 bits per heavy atom. The number of likely N-dealkylation sites (N-methyl/N-ethyl adjacent to an activating group) is 1. The van der Waals surface area contributed by atoms with E-state index in [1.807, 2.05) is 7.05 Å². The molecule has 2 aliphatic rings. The van der Waals surface area contributed by atoms with Crippen LogP contribution in [0.15, 0.2) is 24.3 Å². The van der Waals surface area contributed by atoms with Crippen LogP contribution in [0, 0.1) is 0 Å². The molecule has 7 heteroatoms. The number of hydrogen-bond donors (Lipinski definition) is 0. The van der Waals surface area contributed by atoms with Crippen molar-refractivity contribution in [3.8, 4) is 0 Å². The zero-order chi connectivity index (χ0) is 40.3. The quantitative estimate of drug-likeness (QED) is 0.0278. The summed E-state index contributed by atoms with van der Waals surface area (Å²) in [6, 6.07) is -0.241. The SMILES string of the molecule is CCCCCCCC/C=C\CCCCCCCC(=O)OC1CC(OC(=O)CCCCCCC/C=C\CCCCCCCC)CC(OC(=O)C2CCCCN2C)C1. The molecule has 1 aliphatic carbocycles. The van der Waals surface area contributed by atoms with Crippen LogP contribution in [0.3, 0.4) is 0 Å². The molecule has 1 heterocycles. The van der Waals surface area contributed by atoms with Crippen LogP contribution in [-0.2, 0) is 28.6 Å². The fraction of sp³-hybridized carbons (Fsp3) is 0.857. The van der Waals surface area contributed by atoms with Gasteiger partial charge < -0.3 is 14.2 Å². The predicted molar refractivity (Wildman–Crippen MR) is 233 cm³/mol.